The van der Waals surface area contributed by atoms with E-state index in [0.29, 0.717) is 0 Å². The second-order valence-corrected chi connectivity index (χ2v) is 2.23. The maximum Gasteiger partial charge on any atom is 0.417 e. The van der Waals surface area contributed by atoms with E-state index in [1.165, 1.54) is 6.07 Å². The van der Waals surface area contributed by atoms with Crippen LogP contribution in [0.15, 0.2) is 12.3 Å². The highest BCUT2D eigenvalue weighted by Gasteiger charge is 2.34. The van der Waals surface area contributed by atoms with Crippen molar-refractivity contribution >= 4 is 5.82 Å². The van der Waals surface area contributed by atoms with E-state index in [0.717, 1.165) is 12.3 Å². The summed E-state index contributed by atoms with van der Waals surface area (Å²) in [5.74, 6) is -0.405. The molecule has 0 aliphatic heterocycles. The summed E-state index contributed by atoms with van der Waals surface area (Å²) in [5.41, 5.74) is 3.41. The number of nitriles is 1. The molecule has 2 N–H and O–H groups in total. The van der Waals surface area contributed by atoms with Crippen LogP contribution in [0, 0.1) is 11.3 Å². The molecule has 1 aromatic heterocycles. The molecule has 1 heterocycles. The molecule has 3 nitrogen and oxygen atoms in total. The first-order chi connectivity index (χ1) is 5.96. The van der Waals surface area contributed by atoms with Gasteiger partial charge in [0.1, 0.15) is 17.5 Å². The molecular weight excluding hydrogens is 183 g/mol. The highest BCUT2D eigenvalue weighted by molar-refractivity contribution is 5.53. The van der Waals surface area contributed by atoms with E-state index in [2.05, 4.69) is 4.98 Å². The van der Waals surface area contributed by atoms with Crippen molar-refractivity contribution in [3.63, 3.8) is 0 Å². The number of anilines is 1. The van der Waals surface area contributed by atoms with Crippen molar-refractivity contribution < 1.29 is 13.2 Å². The summed E-state index contributed by atoms with van der Waals surface area (Å²) in [4.78, 5) is 3.38. The number of aromatic nitrogens is 1. The minimum atomic E-state index is -4.57. The van der Waals surface area contributed by atoms with Gasteiger partial charge >= 0.3 is 6.18 Å². The second-order valence-electron chi connectivity index (χ2n) is 2.23. The number of alkyl halides is 3. The summed E-state index contributed by atoms with van der Waals surface area (Å²) >= 11 is 0. The van der Waals surface area contributed by atoms with Gasteiger partial charge in [-0.1, -0.05) is 0 Å². The van der Waals surface area contributed by atoms with Gasteiger partial charge in [0.25, 0.3) is 0 Å². The van der Waals surface area contributed by atoms with Gasteiger partial charge in [-0.3, -0.25) is 0 Å². The van der Waals surface area contributed by atoms with Crippen molar-refractivity contribution in [1.82, 2.24) is 4.98 Å². The van der Waals surface area contributed by atoms with E-state index in [1.54, 1.807) is 0 Å². The van der Waals surface area contributed by atoms with Gasteiger partial charge in [0, 0.05) is 6.20 Å². The van der Waals surface area contributed by atoms with Gasteiger partial charge in [-0.25, -0.2) is 4.98 Å². The molecule has 0 atom stereocenters. The standard InChI is InChI=1S/C7H4F3N3/c8-7(9,10)5-1-2-13-6(12)4(5)3-11/h1-2H,(H2,12,13). The Labute approximate surface area is 71.6 Å². The van der Waals surface area contributed by atoms with Crippen molar-refractivity contribution in [2.45, 2.75) is 6.18 Å². The summed E-state index contributed by atoms with van der Waals surface area (Å²) in [7, 11) is 0. The summed E-state index contributed by atoms with van der Waals surface area (Å²) in [6, 6.07) is 2.08. The van der Waals surface area contributed by atoms with Crippen LogP contribution in [0.1, 0.15) is 11.1 Å². The Morgan fingerprint density at radius 1 is 1.46 bits per heavy atom. The Bertz CT molecular complexity index is 364. The maximum atomic E-state index is 12.2. The predicted octanol–water partition coefficient (Wildman–Crippen LogP) is 1.55. The zero-order chi connectivity index (χ0) is 10.1. The van der Waals surface area contributed by atoms with Crippen molar-refractivity contribution in [3.8, 4) is 6.07 Å². The Morgan fingerprint density at radius 2 is 2.08 bits per heavy atom. The fourth-order valence-corrected chi connectivity index (χ4v) is 0.832. The molecule has 0 radical (unpaired) electrons. The van der Waals surface area contributed by atoms with Crippen molar-refractivity contribution in [1.29, 1.82) is 5.26 Å². The van der Waals surface area contributed by atoms with Crippen molar-refractivity contribution in [2.75, 3.05) is 5.73 Å². The molecule has 0 aromatic carbocycles. The van der Waals surface area contributed by atoms with Crippen LogP contribution in [0.4, 0.5) is 19.0 Å². The summed E-state index contributed by atoms with van der Waals surface area (Å²) in [6.45, 7) is 0. The van der Waals surface area contributed by atoms with Crippen molar-refractivity contribution in [2.24, 2.45) is 0 Å². The summed E-state index contributed by atoms with van der Waals surface area (Å²) < 4.78 is 36.5. The maximum absolute atomic E-state index is 12.2. The van der Waals surface area contributed by atoms with Gasteiger partial charge in [-0.2, -0.15) is 18.4 Å². The van der Waals surface area contributed by atoms with Gasteiger partial charge in [0.15, 0.2) is 0 Å². The molecule has 0 unspecified atom stereocenters. The molecule has 1 rings (SSSR count). The van der Waals surface area contributed by atoms with Gasteiger partial charge in [0.05, 0.1) is 5.56 Å². The van der Waals surface area contributed by atoms with Crippen LogP contribution in [0.2, 0.25) is 0 Å². The highest BCUT2D eigenvalue weighted by atomic mass is 19.4. The van der Waals surface area contributed by atoms with Crippen molar-refractivity contribution in [3.05, 3.63) is 23.4 Å². The van der Waals surface area contributed by atoms with E-state index < -0.39 is 23.1 Å². The first kappa shape index (κ1) is 9.32. The monoisotopic (exact) mass is 187 g/mol. The lowest BCUT2D eigenvalue weighted by Gasteiger charge is -2.08. The number of halogens is 3. The minimum Gasteiger partial charge on any atom is -0.383 e. The van der Waals surface area contributed by atoms with Crippen LogP contribution in [0.25, 0.3) is 0 Å². The number of pyridine rings is 1. The Balaban J connectivity index is 3.40. The number of nitrogens with two attached hydrogens (primary N) is 1. The van der Waals surface area contributed by atoms with Gasteiger partial charge < -0.3 is 5.73 Å². The van der Waals surface area contributed by atoms with Crippen LogP contribution in [0.3, 0.4) is 0 Å². The van der Waals surface area contributed by atoms with E-state index >= 15 is 0 Å². The van der Waals surface area contributed by atoms with Gasteiger partial charge in [-0.05, 0) is 6.07 Å². The molecular formula is C7H4F3N3. The minimum absolute atomic E-state index is 0.405. The summed E-state index contributed by atoms with van der Waals surface area (Å²) in [5, 5.41) is 8.39. The van der Waals surface area contributed by atoms with E-state index in [1.807, 2.05) is 0 Å². The zero-order valence-corrected chi connectivity index (χ0v) is 6.26. The molecule has 0 fully saturated rings. The Hall–Kier alpha value is -1.77. The van der Waals surface area contributed by atoms with Gasteiger partial charge in [-0.15, -0.1) is 0 Å². The zero-order valence-electron chi connectivity index (χ0n) is 6.26. The molecule has 6 heteroatoms. The topological polar surface area (TPSA) is 62.7 Å². The number of nitrogen functional groups attached to an aromatic ring is 1. The summed E-state index contributed by atoms with van der Waals surface area (Å²) in [6.07, 6.45) is -3.65. The van der Waals surface area contributed by atoms with E-state index in [9.17, 15) is 13.2 Å². The third-order valence-electron chi connectivity index (χ3n) is 1.40. The second kappa shape index (κ2) is 2.94. The third-order valence-corrected chi connectivity index (χ3v) is 1.40. The molecule has 0 amide bonds. The van der Waals surface area contributed by atoms with Crippen LogP contribution in [-0.4, -0.2) is 4.98 Å². The quantitative estimate of drug-likeness (QED) is 0.670. The largest absolute Gasteiger partial charge is 0.417 e. The SMILES string of the molecule is N#Cc1c(C(F)(F)F)ccnc1N. The first-order valence-electron chi connectivity index (χ1n) is 3.18. The first-order valence-corrected chi connectivity index (χ1v) is 3.18. The van der Waals surface area contributed by atoms with E-state index in [4.69, 9.17) is 11.0 Å². The molecule has 0 bridgehead atoms. The van der Waals surface area contributed by atoms with E-state index in [-0.39, 0.29) is 0 Å². The lowest BCUT2D eigenvalue weighted by atomic mass is 10.1. The molecule has 0 aliphatic rings. The highest BCUT2D eigenvalue weighted by Crippen LogP contribution is 2.32. The molecule has 0 aliphatic carbocycles. The lowest BCUT2D eigenvalue weighted by molar-refractivity contribution is -0.137. The Morgan fingerprint density at radius 3 is 2.46 bits per heavy atom. The average Bonchev–Trinajstić information content (AvgIpc) is 2.02. The molecule has 1 aromatic rings. The fraction of sp³-hybridized carbons (Fsp3) is 0.143. The molecule has 0 saturated heterocycles. The lowest BCUT2D eigenvalue weighted by Crippen LogP contribution is -2.10. The fourth-order valence-electron chi connectivity index (χ4n) is 0.832. The number of hydrogen-bond donors (Lipinski definition) is 1. The number of rotatable bonds is 0. The third kappa shape index (κ3) is 1.69. The number of nitrogens with zero attached hydrogens (tertiary/aromatic N) is 2. The van der Waals surface area contributed by atoms with Gasteiger partial charge in [0.2, 0.25) is 0 Å². The molecule has 13 heavy (non-hydrogen) atoms. The predicted molar refractivity (Wildman–Crippen MR) is 38.4 cm³/mol. The average molecular weight is 187 g/mol. The molecule has 0 spiro atoms. The smallest absolute Gasteiger partial charge is 0.383 e. The van der Waals surface area contributed by atoms with Crippen LogP contribution in [-0.2, 0) is 6.18 Å². The normalized spacial score (nSPS) is 10.9. The Kier molecular flexibility index (Phi) is 2.10. The molecule has 0 saturated carbocycles. The molecule has 68 valence electrons. The van der Waals surface area contributed by atoms with Crippen LogP contribution in [0.5, 0.6) is 0 Å². The van der Waals surface area contributed by atoms with Crippen LogP contribution < -0.4 is 5.73 Å². The number of hydrogen-bond acceptors (Lipinski definition) is 3. The van der Waals surface area contributed by atoms with Crippen LogP contribution >= 0.6 is 0 Å².